The third-order valence-corrected chi connectivity index (χ3v) is 7.05. The molecule has 1 atom stereocenters. The summed E-state index contributed by atoms with van der Waals surface area (Å²) in [5.74, 6) is 3.42. The molecule has 5 rings (SSSR count). The molecule has 4 aliphatic rings. The molecule has 4 saturated carbocycles. The summed E-state index contributed by atoms with van der Waals surface area (Å²) in [5.41, 5.74) is 2.24. The van der Waals surface area contributed by atoms with Crippen LogP contribution >= 0.6 is 11.8 Å². The van der Waals surface area contributed by atoms with Crippen LogP contribution in [0.1, 0.15) is 49.9 Å². The minimum absolute atomic E-state index is 0.199. The zero-order valence-electron chi connectivity index (χ0n) is 13.6. The SMILES string of the molecule is Cc1cc(C)nc(SCC(O)C23CC4CC(CC(C4)C2)C3)n1. The molecule has 1 aromatic rings. The Labute approximate surface area is 137 Å². The van der Waals surface area contributed by atoms with Gasteiger partial charge in [0.25, 0.3) is 0 Å². The predicted octanol–water partition coefficient (Wildman–Crippen LogP) is 3.76. The highest BCUT2D eigenvalue weighted by atomic mass is 32.2. The van der Waals surface area contributed by atoms with Crippen molar-refractivity contribution in [3.8, 4) is 0 Å². The van der Waals surface area contributed by atoms with E-state index in [0.717, 1.165) is 40.1 Å². The molecule has 0 spiro atoms. The zero-order chi connectivity index (χ0) is 15.3. The molecule has 1 aromatic heterocycles. The maximum Gasteiger partial charge on any atom is 0.188 e. The van der Waals surface area contributed by atoms with Gasteiger partial charge in [0, 0.05) is 17.1 Å². The van der Waals surface area contributed by atoms with Crippen LogP contribution in [0.4, 0.5) is 0 Å². The smallest absolute Gasteiger partial charge is 0.188 e. The van der Waals surface area contributed by atoms with Gasteiger partial charge in [-0.3, -0.25) is 0 Å². The fraction of sp³-hybridized carbons (Fsp3) is 0.778. The van der Waals surface area contributed by atoms with Crippen LogP contribution in [0.25, 0.3) is 0 Å². The van der Waals surface area contributed by atoms with E-state index in [4.69, 9.17) is 0 Å². The van der Waals surface area contributed by atoms with Crippen LogP contribution in [0.5, 0.6) is 0 Å². The Bertz CT molecular complexity index is 519. The first kappa shape index (κ1) is 14.9. The molecule has 4 aliphatic carbocycles. The van der Waals surface area contributed by atoms with Gasteiger partial charge in [0.2, 0.25) is 0 Å². The molecule has 0 aliphatic heterocycles. The van der Waals surface area contributed by atoms with Gasteiger partial charge in [-0.25, -0.2) is 9.97 Å². The molecule has 0 aromatic carbocycles. The Morgan fingerprint density at radius 3 is 2.09 bits per heavy atom. The van der Waals surface area contributed by atoms with E-state index in [0.29, 0.717) is 0 Å². The molecule has 4 bridgehead atoms. The molecule has 1 unspecified atom stereocenters. The summed E-state index contributed by atoms with van der Waals surface area (Å²) in [4.78, 5) is 8.99. The summed E-state index contributed by atoms with van der Waals surface area (Å²) in [5, 5.41) is 11.8. The van der Waals surface area contributed by atoms with Gasteiger partial charge in [0.1, 0.15) is 0 Å². The summed E-state index contributed by atoms with van der Waals surface area (Å²) in [7, 11) is 0. The average Bonchev–Trinajstić information content (AvgIpc) is 2.42. The van der Waals surface area contributed by atoms with E-state index in [1.54, 1.807) is 11.8 Å². The summed E-state index contributed by atoms with van der Waals surface area (Å²) in [6.07, 6.45) is 7.87. The number of hydrogen-bond acceptors (Lipinski definition) is 4. The van der Waals surface area contributed by atoms with E-state index in [1.165, 1.54) is 38.5 Å². The second-order valence-corrected chi connectivity index (χ2v) is 9.03. The van der Waals surface area contributed by atoms with Crippen LogP contribution < -0.4 is 0 Å². The third-order valence-electron chi connectivity index (χ3n) is 6.12. The lowest BCUT2D eigenvalue weighted by Gasteiger charge is -2.58. The van der Waals surface area contributed by atoms with Crippen molar-refractivity contribution in [2.45, 2.75) is 63.6 Å². The number of aryl methyl sites for hydroxylation is 2. The van der Waals surface area contributed by atoms with Gasteiger partial charge in [-0.15, -0.1) is 0 Å². The molecule has 4 fully saturated rings. The van der Waals surface area contributed by atoms with E-state index in [9.17, 15) is 5.11 Å². The molecule has 1 N–H and O–H groups in total. The normalized spacial score (nSPS) is 37.5. The first-order valence-corrected chi connectivity index (χ1v) is 9.64. The van der Waals surface area contributed by atoms with Crippen LogP contribution in [0.3, 0.4) is 0 Å². The van der Waals surface area contributed by atoms with Crippen molar-refractivity contribution in [2.75, 3.05) is 5.75 Å². The molecule has 22 heavy (non-hydrogen) atoms. The fourth-order valence-electron chi connectivity index (χ4n) is 5.67. The third kappa shape index (κ3) is 2.69. The maximum absolute atomic E-state index is 10.9. The highest BCUT2D eigenvalue weighted by Crippen LogP contribution is 2.61. The second kappa shape index (κ2) is 5.48. The molecule has 0 radical (unpaired) electrons. The van der Waals surface area contributed by atoms with Crippen LogP contribution in [0, 0.1) is 37.0 Å². The molecule has 1 heterocycles. The summed E-state index contributed by atoms with van der Waals surface area (Å²) in [6.45, 7) is 4.02. The minimum Gasteiger partial charge on any atom is -0.392 e. The van der Waals surface area contributed by atoms with Gasteiger partial charge in [0.15, 0.2) is 5.16 Å². The first-order valence-electron chi connectivity index (χ1n) is 8.65. The first-order chi connectivity index (χ1) is 10.5. The molecule has 120 valence electrons. The predicted molar refractivity (Wildman–Crippen MR) is 88.8 cm³/mol. The number of nitrogens with zero attached hydrogens (tertiary/aromatic N) is 2. The van der Waals surface area contributed by atoms with Gasteiger partial charge >= 0.3 is 0 Å². The van der Waals surface area contributed by atoms with Crippen molar-refractivity contribution < 1.29 is 5.11 Å². The van der Waals surface area contributed by atoms with Crippen molar-refractivity contribution in [3.05, 3.63) is 17.5 Å². The van der Waals surface area contributed by atoms with Crippen LogP contribution in [-0.4, -0.2) is 26.9 Å². The van der Waals surface area contributed by atoms with E-state index in [-0.39, 0.29) is 11.5 Å². The Hall–Kier alpha value is -0.610. The minimum atomic E-state index is -0.199. The van der Waals surface area contributed by atoms with Crippen molar-refractivity contribution in [3.63, 3.8) is 0 Å². The van der Waals surface area contributed by atoms with Crippen molar-refractivity contribution in [1.29, 1.82) is 0 Å². The number of rotatable bonds is 4. The van der Waals surface area contributed by atoms with Crippen LogP contribution in [0.2, 0.25) is 0 Å². The number of thioether (sulfide) groups is 1. The maximum atomic E-state index is 10.9. The largest absolute Gasteiger partial charge is 0.392 e. The standard InChI is InChI=1S/C18H26N2OS/c1-11-3-12(2)20-17(19-11)22-10-16(21)18-7-13-4-14(8-18)6-15(5-13)9-18/h3,13-16,21H,4-10H2,1-2H3. The van der Waals surface area contributed by atoms with Gasteiger partial charge in [-0.05, 0) is 81.6 Å². The van der Waals surface area contributed by atoms with Crippen LogP contribution in [0.15, 0.2) is 11.2 Å². The van der Waals surface area contributed by atoms with Gasteiger partial charge in [-0.1, -0.05) is 11.8 Å². The topological polar surface area (TPSA) is 46.0 Å². The Morgan fingerprint density at radius 1 is 1.09 bits per heavy atom. The molecule has 0 amide bonds. The van der Waals surface area contributed by atoms with E-state index >= 15 is 0 Å². The number of aromatic nitrogens is 2. The van der Waals surface area contributed by atoms with Gasteiger partial charge < -0.3 is 5.11 Å². The highest BCUT2D eigenvalue weighted by molar-refractivity contribution is 7.99. The van der Waals surface area contributed by atoms with Crippen molar-refractivity contribution in [1.82, 2.24) is 9.97 Å². The summed E-state index contributed by atoms with van der Waals surface area (Å²) >= 11 is 1.63. The second-order valence-electron chi connectivity index (χ2n) is 8.04. The average molecular weight is 318 g/mol. The fourth-order valence-corrected chi connectivity index (χ4v) is 6.75. The molecule has 3 nitrogen and oxygen atoms in total. The Balaban J connectivity index is 1.45. The number of aliphatic hydroxyl groups excluding tert-OH is 1. The van der Waals surface area contributed by atoms with E-state index in [2.05, 4.69) is 9.97 Å². The lowest BCUT2D eigenvalue weighted by molar-refractivity contribution is -0.112. The monoisotopic (exact) mass is 318 g/mol. The molecule has 0 saturated heterocycles. The zero-order valence-corrected chi connectivity index (χ0v) is 14.4. The van der Waals surface area contributed by atoms with E-state index < -0.39 is 0 Å². The quantitative estimate of drug-likeness (QED) is 0.678. The molecular weight excluding hydrogens is 292 g/mol. The lowest BCUT2D eigenvalue weighted by Crippen LogP contribution is -2.52. The molecular formula is C18H26N2OS. The Kier molecular flexibility index (Phi) is 3.73. The number of hydrogen-bond donors (Lipinski definition) is 1. The van der Waals surface area contributed by atoms with Crippen molar-refractivity contribution >= 4 is 11.8 Å². The number of aliphatic hydroxyl groups is 1. The lowest BCUT2D eigenvalue weighted by atomic mass is 9.48. The summed E-state index contributed by atoms with van der Waals surface area (Å²) in [6, 6.07) is 2.00. The highest BCUT2D eigenvalue weighted by Gasteiger charge is 2.53. The van der Waals surface area contributed by atoms with E-state index in [1.807, 2.05) is 19.9 Å². The Morgan fingerprint density at radius 2 is 1.59 bits per heavy atom. The molecule has 4 heteroatoms. The van der Waals surface area contributed by atoms with Gasteiger partial charge in [0.05, 0.1) is 6.10 Å². The van der Waals surface area contributed by atoms with Crippen LogP contribution in [-0.2, 0) is 0 Å². The van der Waals surface area contributed by atoms with Crippen molar-refractivity contribution in [2.24, 2.45) is 23.2 Å². The van der Waals surface area contributed by atoms with Gasteiger partial charge in [-0.2, -0.15) is 0 Å². The summed E-state index contributed by atoms with van der Waals surface area (Å²) < 4.78 is 0.